The van der Waals surface area contributed by atoms with E-state index in [9.17, 15) is 9.90 Å². The molecule has 1 unspecified atom stereocenters. The first-order valence-electron chi connectivity index (χ1n) is 10.4. The maximum atomic E-state index is 13.0. The second kappa shape index (κ2) is 6.06. The lowest BCUT2D eigenvalue weighted by atomic mass is 9.75. The van der Waals surface area contributed by atoms with Crippen LogP contribution in [-0.2, 0) is 11.2 Å². The zero-order valence-electron chi connectivity index (χ0n) is 17.5. The summed E-state index contributed by atoms with van der Waals surface area (Å²) in [5, 5.41) is 10.8. The van der Waals surface area contributed by atoms with E-state index in [-0.39, 0.29) is 17.0 Å². The predicted molar refractivity (Wildman–Crippen MR) is 116 cm³/mol. The normalized spacial score (nSPS) is 26.4. The highest BCUT2D eigenvalue weighted by Crippen LogP contribution is 2.45. The first-order valence-corrected chi connectivity index (χ1v) is 10.4. The van der Waals surface area contributed by atoms with Crippen molar-refractivity contribution in [2.45, 2.75) is 40.0 Å². The zero-order chi connectivity index (χ0) is 20.5. The Hall–Kier alpha value is -2.88. The second-order valence-corrected chi connectivity index (χ2v) is 9.12. The van der Waals surface area contributed by atoms with E-state index < -0.39 is 0 Å². The summed E-state index contributed by atoms with van der Waals surface area (Å²) in [6.07, 6.45) is 15.4. The number of aromatic nitrogens is 1. The summed E-state index contributed by atoms with van der Waals surface area (Å²) in [6, 6.07) is 0. The maximum absolute atomic E-state index is 13.0. The summed E-state index contributed by atoms with van der Waals surface area (Å²) in [6.45, 7) is 6.60. The van der Waals surface area contributed by atoms with Crippen molar-refractivity contribution in [3.63, 3.8) is 0 Å². The van der Waals surface area contributed by atoms with Crippen LogP contribution >= 0.6 is 0 Å². The van der Waals surface area contributed by atoms with Crippen LogP contribution < -0.4 is 0 Å². The number of carbonyl (C=O) groups excluding carboxylic acids is 1. The number of hydrogen-bond donors (Lipinski definition) is 2. The number of hydrogen-bond acceptors (Lipinski definition) is 2. The van der Waals surface area contributed by atoms with Gasteiger partial charge in [0.2, 0.25) is 5.78 Å². The molecule has 2 heterocycles. The van der Waals surface area contributed by atoms with Gasteiger partial charge in [-0.15, -0.1) is 0 Å². The zero-order valence-corrected chi connectivity index (χ0v) is 17.5. The molecule has 1 aromatic heterocycles. The van der Waals surface area contributed by atoms with Crippen molar-refractivity contribution in [1.29, 1.82) is 0 Å². The van der Waals surface area contributed by atoms with Gasteiger partial charge in [0.05, 0.1) is 16.6 Å². The number of ketones is 1. The molecular formula is C25H27N2O2+. The van der Waals surface area contributed by atoms with Crippen LogP contribution in [0.25, 0.3) is 11.6 Å². The van der Waals surface area contributed by atoms with Crippen molar-refractivity contribution in [2.75, 3.05) is 7.05 Å². The van der Waals surface area contributed by atoms with Gasteiger partial charge in [-0.25, -0.2) is 4.58 Å². The lowest BCUT2D eigenvalue weighted by molar-refractivity contribution is -0.444. The molecule has 0 spiro atoms. The molecule has 0 bridgehead atoms. The van der Waals surface area contributed by atoms with Gasteiger partial charge >= 0.3 is 0 Å². The topological polar surface area (TPSA) is 56.1 Å². The molecule has 4 aliphatic rings. The smallest absolute Gasteiger partial charge is 0.201 e. The average molecular weight is 388 g/mol. The van der Waals surface area contributed by atoms with E-state index in [1.807, 2.05) is 18.3 Å². The van der Waals surface area contributed by atoms with Crippen molar-refractivity contribution >= 4 is 23.1 Å². The number of Topliss-reactive ketones (excluding diaryl/α,β-unsaturated/α-hetero) is 1. The third kappa shape index (κ3) is 2.44. The Kier molecular flexibility index (Phi) is 3.79. The second-order valence-electron chi connectivity index (χ2n) is 9.12. The van der Waals surface area contributed by atoms with E-state index in [0.29, 0.717) is 17.1 Å². The Bertz CT molecular complexity index is 1150. The minimum Gasteiger partial charge on any atom is -0.506 e. The highest BCUT2D eigenvalue weighted by atomic mass is 16.3. The van der Waals surface area contributed by atoms with Crippen LogP contribution in [-0.4, -0.2) is 33.2 Å². The van der Waals surface area contributed by atoms with Gasteiger partial charge < -0.3 is 10.1 Å². The summed E-state index contributed by atoms with van der Waals surface area (Å²) in [5.74, 6) is 0.548. The number of aliphatic hydroxyl groups is 1. The van der Waals surface area contributed by atoms with Crippen LogP contribution in [0.3, 0.4) is 0 Å². The average Bonchev–Trinajstić information content (AvgIpc) is 3.18. The number of aryl methyl sites for hydroxylation is 1. The number of allylic oxidation sites excluding steroid dienone is 8. The van der Waals surface area contributed by atoms with Crippen LogP contribution in [0.1, 0.15) is 50.4 Å². The number of nitrogens with one attached hydrogen (secondary N) is 1. The van der Waals surface area contributed by atoms with E-state index in [0.717, 1.165) is 41.8 Å². The minimum absolute atomic E-state index is 0.0752. The summed E-state index contributed by atoms with van der Waals surface area (Å²) in [7, 11) is 2.07. The molecule has 0 saturated heterocycles. The van der Waals surface area contributed by atoms with Crippen molar-refractivity contribution in [3.05, 3.63) is 69.9 Å². The van der Waals surface area contributed by atoms with Crippen molar-refractivity contribution in [3.8, 4) is 0 Å². The fourth-order valence-electron chi connectivity index (χ4n) is 5.16. The molecule has 4 heteroatoms. The SMILES string of the molecule is CC1C=CC2=C(C1)[N+](C)=C(/C=C1\C(=O)C(c3c[nH]c4c3C=CCC4)=C1O)C2(C)C. The Labute approximate surface area is 171 Å². The van der Waals surface area contributed by atoms with Gasteiger partial charge in [-0.1, -0.05) is 31.2 Å². The van der Waals surface area contributed by atoms with Crippen molar-refractivity contribution < 1.29 is 14.5 Å². The number of aliphatic hydroxyl groups excluding tert-OH is 1. The summed E-state index contributed by atoms with van der Waals surface area (Å²) in [4.78, 5) is 16.3. The number of aromatic amines is 1. The maximum Gasteiger partial charge on any atom is 0.201 e. The third-order valence-electron chi connectivity index (χ3n) is 6.86. The molecule has 4 nitrogen and oxygen atoms in total. The quantitative estimate of drug-likeness (QED) is 0.570. The summed E-state index contributed by atoms with van der Waals surface area (Å²) >= 11 is 0. The van der Waals surface area contributed by atoms with E-state index in [1.54, 1.807) is 0 Å². The van der Waals surface area contributed by atoms with E-state index in [1.165, 1.54) is 11.3 Å². The molecule has 0 aromatic carbocycles. The molecule has 3 aliphatic carbocycles. The Balaban J connectivity index is 1.55. The van der Waals surface area contributed by atoms with Crippen molar-refractivity contribution in [2.24, 2.45) is 11.3 Å². The Morgan fingerprint density at radius 1 is 1.31 bits per heavy atom. The van der Waals surface area contributed by atoms with Gasteiger partial charge in [-0.2, -0.15) is 0 Å². The first-order chi connectivity index (χ1) is 13.8. The van der Waals surface area contributed by atoms with Gasteiger partial charge in [0.25, 0.3) is 0 Å². The van der Waals surface area contributed by atoms with Gasteiger partial charge in [-0.3, -0.25) is 4.79 Å². The van der Waals surface area contributed by atoms with Crippen molar-refractivity contribution in [1.82, 2.24) is 4.98 Å². The van der Waals surface area contributed by atoms with Crippen LogP contribution in [0.15, 0.2) is 53.1 Å². The predicted octanol–water partition coefficient (Wildman–Crippen LogP) is 4.73. The Morgan fingerprint density at radius 2 is 2.10 bits per heavy atom. The molecule has 0 amide bonds. The fraction of sp³-hybridized carbons (Fsp3) is 0.360. The molecule has 1 aliphatic heterocycles. The Morgan fingerprint density at radius 3 is 2.86 bits per heavy atom. The van der Waals surface area contributed by atoms with Crippen LogP contribution in [0.5, 0.6) is 0 Å². The lowest BCUT2D eigenvalue weighted by Crippen LogP contribution is -2.29. The third-order valence-corrected chi connectivity index (χ3v) is 6.86. The van der Waals surface area contributed by atoms with Gasteiger partial charge in [0, 0.05) is 41.1 Å². The number of carbonyl (C=O) groups is 1. The molecule has 2 N–H and O–H groups in total. The molecular weight excluding hydrogens is 360 g/mol. The standard InChI is InChI=1S/C25H26N2O2/c1-14-9-10-18-20(11-14)27(4)21(25(18,2)3)12-16-23(28)22(24(16)29)17-13-26-19-8-6-5-7-15(17)19/h5,7,9-10,12-14H,6,8,11H2,1-4H3,(H,28,29)/p+1. The molecule has 5 rings (SSSR count). The van der Waals surface area contributed by atoms with Crippen LogP contribution in [0, 0.1) is 11.3 Å². The number of rotatable bonds is 2. The van der Waals surface area contributed by atoms with Gasteiger partial charge in [0.15, 0.2) is 11.4 Å². The van der Waals surface area contributed by atoms with E-state index >= 15 is 0 Å². The van der Waals surface area contributed by atoms with Crippen LogP contribution in [0.4, 0.5) is 0 Å². The van der Waals surface area contributed by atoms with Crippen LogP contribution in [0.2, 0.25) is 0 Å². The lowest BCUT2D eigenvalue weighted by Gasteiger charge is -2.23. The monoisotopic (exact) mass is 387 g/mol. The molecule has 0 radical (unpaired) electrons. The molecule has 0 saturated carbocycles. The summed E-state index contributed by atoms with van der Waals surface area (Å²) in [5.41, 5.74) is 7.33. The minimum atomic E-state index is -0.194. The van der Waals surface area contributed by atoms with Gasteiger partial charge in [-0.05, 0) is 32.6 Å². The highest BCUT2D eigenvalue weighted by molar-refractivity contribution is 6.40. The van der Waals surface area contributed by atoms with E-state index in [4.69, 9.17) is 0 Å². The molecule has 29 heavy (non-hydrogen) atoms. The highest BCUT2D eigenvalue weighted by Gasteiger charge is 2.47. The summed E-state index contributed by atoms with van der Waals surface area (Å²) < 4.78 is 2.21. The number of H-pyrrole nitrogens is 1. The molecule has 1 atom stereocenters. The van der Waals surface area contributed by atoms with Gasteiger partial charge in [0.1, 0.15) is 12.8 Å². The number of nitrogens with zero attached hydrogens (tertiary/aromatic N) is 1. The number of fused-ring (bicyclic) bond motifs is 1. The largest absolute Gasteiger partial charge is 0.506 e. The fourth-order valence-corrected chi connectivity index (χ4v) is 5.16. The first kappa shape index (κ1) is 18.2. The molecule has 148 valence electrons. The molecule has 1 aromatic rings. The van der Waals surface area contributed by atoms with E-state index in [2.05, 4.69) is 55.6 Å². The molecule has 0 fully saturated rings.